The lowest BCUT2D eigenvalue weighted by molar-refractivity contribution is 0.673. The summed E-state index contributed by atoms with van der Waals surface area (Å²) in [5.74, 6) is 1.84. The van der Waals surface area contributed by atoms with Crippen LogP contribution in [0.4, 0.5) is 0 Å². The average Bonchev–Trinajstić information content (AvgIpc) is 3.70. The maximum Gasteiger partial charge on any atom is 0.164 e. The van der Waals surface area contributed by atoms with E-state index in [1.54, 1.807) is 0 Å². The summed E-state index contributed by atoms with van der Waals surface area (Å²) in [5, 5.41) is 16.1. The Morgan fingerprint density at radius 3 is 1.36 bits per heavy atom. The smallest absolute Gasteiger partial charge is 0.164 e. The molecule has 0 bridgehead atoms. The van der Waals surface area contributed by atoms with Crippen molar-refractivity contribution in [3.8, 4) is 45.3 Å². The third kappa shape index (κ3) is 5.29. The van der Waals surface area contributed by atoms with Crippen molar-refractivity contribution in [3.63, 3.8) is 0 Å². The normalized spacial score (nSPS) is 11.9. The molecule has 0 saturated carbocycles. The summed E-state index contributed by atoms with van der Waals surface area (Å²) < 4.78 is 7.12. The summed E-state index contributed by atoms with van der Waals surface area (Å²) in [6.07, 6.45) is 0. The van der Waals surface area contributed by atoms with Gasteiger partial charge in [-0.15, -0.1) is 0 Å². The molecule has 61 heavy (non-hydrogen) atoms. The molecule has 0 atom stereocenters. The lowest BCUT2D eigenvalue weighted by Crippen LogP contribution is -2.01. The van der Waals surface area contributed by atoms with Crippen LogP contribution in [0.5, 0.6) is 0 Å². The second kappa shape index (κ2) is 13.2. The predicted octanol–water partition coefficient (Wildman–Crippen LogP) is 15.4. The molecule has 4 heteroatoms. The third-order valence-electron chi connectivity index (χ3n) is 12.4. The van der Waals surface area contributed by atoms with Crippen molar-refractivity contribution in [3.05, 3.63) is 200 Å². The minimum absolute atomic E-state index is 0.604. The van der Waals surface area contributed by atoms with Gasteiger partial charge in [-0.1, -0.05) is 170 Å². The molecule has 0 unspecified atom stereocenters. The van der Waals surface area contributed by atoms with Gasteiger partial charge in [0.15, 0.2) is 17.5 Å². The van der Waals surface area contributed by atoms with E-state index in [9.17, 15) is 0 Å². The lowest BCUT2D eigenvalue weighted by Gasteiger charge is -2.16. The van der Waals surface area contributed by atoms with Crippen molar-refractivity contribution in [1.82, 2.24) is 15.0 Å². The molecule has 0 amide bonds. The number of hydrogen-bond acceptors (Lipinski definition) is 4. The molecule has 11 aromatic carbocycles. The first kappa shape index (κ1) is 33.7. The van der Waals surface area contributed by atoms with Crippen molar-refractivity contribution < 1.29 is 4.42 Å². The van der Waals surface area contributed by atoms with Crippen molar-refractivity contribution in [2.45, 2.75) is 0 Å². The maximum absolute atomic E-state index is 7.12. The van der Waals surface area contributed by atoms with E-state index in [1.165, 1.54) is 32.3 Å². The molecule has 0 fully saturated rings. The SMILES string of the molecule is c1ccc(-c2cc3c4ccccc4c4ccccc4c3c3oc4cc5ccccc5cc4c23)c(-c2nc(-c3ccc4ccccc4c3)nc(-c3ccc4ccccc4c3)n2)c1. The van der Waals surface area contributed by atoms with Gasteiger partial charge in [-0.2, -0.15) is 0 Å². The molecule has 0 spiro atoms. The van der Waals surface area contributed by atoms with Crippen LogP contribution in [0.15, 0.2) is 205 Å². The molecule has 0 aliphatic rings. The molecule has 0 N–H and O–H groups in total. The maximum atomic E-state index is 7.12. The number of fused-ring (bicyclic) bond motifs is 13. The molecule has 13 aromatic rings. The topological polar surface area (TPSA) is 51.8 Å². The van der Waals surface area contributed by atoms with E-state index in [4.69, 9.17) is 19.4 Å². The average molecular weight is 776 g/mol. The van der Waals surface area contributed by atoms with Crippen LogP contribution in [0.25, 0.3) is 132 Å². The molecule has 0 aliphatic heterocycles. The first-order chi connectivity index (χ1) is 30.2. The Morgan fingerprint density at radius 1 is 0.279 bits per heavy atom. The largest absolute Gasteiger partial charge is 0.455 e. The van der Waals surface area contributed by atoms with E-state index in [0.717, 1.165) is 82.1 Å². The van der Waals surface area contributed by atoms with Gasteiger partial charge in [0.2, 0.25) is 0 Å². The van der Waals surface area contributed by atoms with Crippen LogP contribution in [0.1, 0.15) is 0 Å². The van der Waals surface area contributed by atoms with Crippen LogP contribution in [0.2, 0.25) is 0 Å². The van der Waals surface area contributed by atoms with Gasteiger partial charge in [0.05, 0.1) is 0 Å². The quantitative estimate of drug-likeness (QED) is 0.167. The number of aromatic nitrogens is 3. The second-order valence-electron chi connectivity index (χ2n) is 15.9. The summed E-state index contributed by atoms with van der Waals surface area (Å²) in [7, 11) is 0. The molecule has 0 saturated heterocycles. The van der Waals surface area contributed by atoms with Crippen LogP contribution in [-0.2, 0) is 0 Å². The van der Waals surface area contributed by atoms with E-state index in [-0.39, 0.29) is 0 Å². The van der Waals surface area contributed by atoms with Gasteiger partial charge in [0, 0.05) is 32.8 Å². The highest BCUT2D eigenvalue weighted by atomic mass is 16.3. The monoisotopic (exact) mass is 775 g/mol. The molecular weight excluding hydrogens is 743 g/mol. The minimum Gasteiger partial charge on any atom is -0.455 e. The lowest BCUT2D eigenvalue weighted by atomic mass is 9.88. The molecule has 2 aromatic heterocycles. The number of hydrogen-bond donors (Lipinski definition) is 0. The fourth-order valence-electron chi connectivity index (χ4n) is 9.54. The molecule has 0 aliphatic carbocycles. The number of rotatable bonds is 4. The molecular formula is C57H33N3O. The molecule has 0 radical (unpaired) electrons. The fraction of sp³-hybridized carbons (Fsp3) is 0. The zero-order valence-corrected chi connectivity index (χ0v) is 32.8. The van der Waals surface area contributed by atoms with Gasteiger partial charge in [0.25, 0.3) is 0 Å². The summed E-state index contributed by atoms with van der Waals surface area (Å²) in [6, 6.07) is 71.0. The van der Waals surface area contributed by atoms with E-state index in [0.29, 0.717) is 17.5 Å². The van der Waals surface area contributed by atoms with Crippen LogP contribution >= 0.6 is 0 Å². The fourth-order valence-corrected chi connectivity index (χ4v) is 9.54. The summed E-state index contributed by atoms with van der Waals surface area (Å²) in [4.78, 5) is 15.9. The predicted molar refractivity (Wildman–Crippen MR) is 254 cm³/mol. The van der Waals surface area contributed by atoms with E-state index < -0.39 is 0 Å². The summed E-state index contributed by atoms with van der Waals surface area (Å²) in [5.41, 5.74) is 6.58. The number of furan rings is 1. The standard InChI is InChI=1S/C57H33N3O/c1-3-15-36-29-40(27-25-34(36)13-1)55-58-56(41-28-26-35-14-2-4-16-37(35)30-41)60-57(59-55)47-24-12-10-22-45(47)49-33-48-44-21-8-7-19-42(44)43-20-9-11-23-46(43)52(48)54-53(49)50-31-38-17-5-6-18-39(38)32-51(50)61-54/h1-33H. The molecule has 13 rings (SSSR count). The van der Waals surface area contributed by atoms with Gasteiger partial charge in [-0.05, 0) is 101 Å². The Hall–Kier alpha value is -8.21. The zero-order chi connectivity index (χ0) is 40.0. The molecule has 282 valence electrons. The highest BCUT2D eigenvalue weighted by Crippen LogP contribution is 2.48. The van der Waals surface area contributed by atoms with Gasteiger partial charge in [-0.3, -0.25) is 0 Å². The highest BCUT2D eigenvalue weighted by molar-refractivity contribution is 6.35. The summed E-state index contributed by atoms with van der Waals surface area (Å²) in [6.45, 7) is 0. The van der Waals surface area contributed by atoms with Gasteiger partial charge in [-0.25, -0.2) is 15.0 Å². The van der Waals surface area contributed by atoms with E-state index in [1.807, 2.05) is 0 Å². The van der Waals surface area contributed by atoms with Crippen LogP contribution < -0.4 is 0 Å². The molecule has 2 heterocycles. The Morgan fingerprint density at radius 2 is 0.738 bits per heavy atom. The Bertz CT molecular complexity index is 3860. The highest BCUT2D eigenvalue weighted by Gasteiger charge is 2.23. The van der Waals surface area contributed by atoms with Crippen LogP contribution in [0.3, 0.4) is 0 Å². The van der Waals surface area contributed by atoms with E-state index in [2.05, 4.69) is 200 Å². The van der Waals surface area contributed by atoms with Crippen molar-refractivity contribution >= 4 is 86.6 Å². The van der Waals surface area contributed by atoms with Gasteiger partial charge in [0.1, 0.15) is 11.2 Å². The first-order valence-corrected chi connectivity index (χ1v) is 20.7. The van der Waals surface area contributed by atoms with Crippen molar-refractivity contribution in [2.75, 3.05) is 0 Å². The van der Waals surface area contributed by atoms with Crippen molar-refractivity contribution in [1.29, 1.82) is 0 Å². The minimum atomic E-state index is 0.604. The second-order valence-corrected chi connectivity index (χ2v) is 15.9. The van der Waals surface area contributed by atoms with Crippen LogP contribution in [-0.4, -0.2) is 15.0 Å². The Labute approximate surface area is 350 Å². The van der Waals surface area contributed by atoms with Gasteiger partial charge >= 0.3 is 0 Å². The van der Waals surface area contributed by atoms with Crippen LogP contribution in [0, 0.1) is 0 Å². The number of nitrogens with zero attached hydrogens (tertiary/aromatic N) is 3. The Kier molecular flexibility index (Phi) is 7.27. The Balaban J connectivity index is 1.14. The van der Waals surface area contributed by atoms with Crippen molar-refractivity contribution in [2.24, 2.45) is 0 Å². The van der Waals surface area contributed by atoms with E-state index >= 15 is 0 Å². The van der Waals surface area contributed by atoms with Gasteiger partial charge < -0.3 is 4.42 Å². The third-order valence-corrected chi connectivity index (χ3v) is 12.4. The zero-order valence-electron chi connectivity index (χ0n) is 32.8. The number of benzene rings is 11. The molecule has 4 nitrogen and oxygen atoms in total. The first-order valence-electron chi connectivity index (χ1n) is 20.7. The summed E-state index contributed by atoms with van der Waals surface area (Å²) >= 11 is 0.